The quantitative estimate of drug-likeness (QED) is 0.629. The van der Waals surface area contributed by atoms with Crippen molar-refractivity contribution >= 4 is 16.1 Å². The lowest BCUT2D eigenvalue weighted by Gasteiger charge is -2.42. The van der Waals surface area contributed by atoms with Gasteiger partial charge in [0.15, 0.2) is 5.69 Å². The number of hydrogen-bond donors (Lipinski definition) is 1. The van der Waals surface area contributed by atoms with Gasteiger partial charge in [-0.3, -0.25) is 4.79 Å². The third-order valence-electron chi connectivity index (χ3n) is 7.14. The smallest absolute Gasteiger partial charge is 0.282 e. The molecule has 4 rings (SSSR count). The summed E-state index contributed by atoms with van der Waals surface area (Å²) in [6, 6.07) is 1.95. The lowest BCUT2D eigenvalue weighted by Crippen LogP contribution is -2.56. The molecule has 1 amide bonds. The van der Waals surface area contributed by atoms with Gasteiger partial charge < -0.3 is 14.7 Å². The normalized spacial score (nSPS) is 26.5. The highest BCUT2D eigenvalue weighted by atomic mass is 32.2. The topological polar surface area (TPSA) is 99.0 Å². The molecule has 1 aliphatic carbocycles. The predicted octanol–water partition coefficient (Wildman–Crippen LogP) is 2.19. The van der Waals surface area contributed by atoms with Crippen LogP contribution in [0.3, 0.4) is 0 Å². The van der Waals surface area contributed by atoms with Gasteiger partial charge in [0.2, 0.25) is 0 Å². The minimum absolute atomic E-state index is 0.0709. The second-order valence-corrected chi connectivity index (χ2v) is 11.5. The van der Waals surface area contributed by atoms with Crippen molar-refractivity contribution in [1.82, 2.24) is 24.0 Å². The summed E-state index contributed by atoms with van der Waals surface area (Å²) < 4.78 is 35.2. The molecule has 1 saturated carbocycles. The number of nitrogens with one attached hydrogen (secondary N) is 1. The number of amides is 1. The minimum Gasteiger partial charge on any atom is -0.360 e. The van der Waals surface area contributed by atoms with Crippen LogP contribution < -0.4 is 5.32 Å². The predicted molar refractivity (Wildman–Crippen MR) is 122 cm³/mol. The maximum absolute atomic E-state index is 13.3. The molecule has 32 heavy (non-hydrogen) atoms. The second kappa shape index (κ2) is 9.79. The van der Waals surface area contributed by atoms with Crippen LogP contribution in [0, 0.1) is 0 Å². The van der Waals surface area contributed by atoms with Crippen molar-refractivity contribution in [3.63, 3.8) is 0 Å². The molecule has 2 atom stereocenters. The molecule has 0 bridgehead atoms. The van der Waals surface area contributed by atoms with E-state index in [1.165, 1.54) is 0 Å². The van der Waals surface area contributed by atoms with Crippen molar-refractivity contribution in [3.05, 3.63) is 17.5 Å². The fraction of sp³-hybridized carbons (Fsp3) is 0.818. The number of nitrogens with zero attached hydrogens (tertiary/aromatic N) is 4. The van der Waals surface area contributed by atoms with E-state index in [9.17, 15) is 13.2 Å². The Hall–Kier alpha value is -1.49. The Balaban J connectivity index is 1.29. The van der Waals surface area contributed by atoms with Gasteiger partial charge >= 0.3 is 0 Å². The van der Waals surface area contributed by atoms with Gasteiger partial charge in [0.1, 0.15) is 5.76 Å². The van der Waals surface area contributed by atoms with E-state index in [1.54, 1.807) is 14.7 Å². The molecule has 0 radical (unpaired) electrons. The Labute approximate surface area is 191 Å². The largest absolute Gasteiger partial charge is 0.360 e. The van der Waals surface area contributed by atoms with Gasteiger partial charge in [0.25, 0.3) is 16.1 Å². The zero-order valence-corrected chi connectivity index (χ0v) is 20.3. The average Bonchev–Trinajstić information content (AvgIpc) is 3.50. The van der Waals surface area contributed by atoms with Crippen molar-refractivity contribution in [2.24, 2.45) is 0 Å². The molecule has 0 spiro atoms. The van der Waals surface area contributed by atoms with Crippen molar-refractivity contribution in [2.45, 2.75) is 82.8 Å². The Bertz CT molecular complexity index is 892. The zero-order chi connectivity index (χ0) is 22.9. The highest BCUT2D eigenvalue weighted by molar-refractivity contribution is 7.86. The Morgan fingerprint density at radius 2 is 1.94 bits per heavy atom. The van der Waals surface area contributed by atoms with Gasteiger partial charge in [-0.15, -0.1) is 0 Å². The van der Waals surface area contributed by atoms with Crippen molar-refractivity contribution in [3.8, 4) is 0 Å². The van der Waals surface area contributed by atoms with Crippen LogP contribution in [0.4, 0.5) is 0 Å². The number of rotatable bonds is 8. The SMILES string of the molecule is CCCN(C)C1CCN(S(=O)(=O)N2CC[C@H](NC(=O)c3cc(C4CC4)on3)C[C@@H]2C)CC1. The van der Waals surface area contributed by atoms with E-state index in [0.717, 1.165) is 44.4 Å². The fourth-order valence-electron chi connectivity index (χ4n) is 5.04. The second-order valence-electron chi connectivity index (χ2n) is 9.66. The first-order chi connectivity index (χ1) is 15.3. The number of aromatic nitrogens is 1. The van der Waals surface area contributed by atoms with Crippen LogP contribution >= 0.6 is 0 Å². The molecule has 2 saturated heterocycles. The van der Waals surface area contributed by atoms with E-state index in [2.05, 4.69) is 29.3 Å². The molecule has 3 aliphatic rings. The van der Waals surface area contributed by atoms with Crippen LogP contribution in [0.2, 0.25) is 0 Å². The fourth-order valence-corrected chi connectivity index (χ4v) is 6.88. The third kappa shape index (κ3) is 5.18. The van der Waals surface area contributed by atoms with Crippen LogP contribution in [-0.2, 0) is 10.2 Å². The van der Waals surface area contributed by atoms with Crippen molar-refractivity contribution in [2.75, 3.05) is 33.2 Å². The minimum atomic E-state index is -3.49. The first-order valence-electron chi connectivity index (χ1n) is 12.0. The molecular weight excluding hydrogens is 430 g/mol. The highest BCUT2D eigenvalue weighted by Crippen LogP contribution is 2.40. The average molecular weight is 468 g/mol. The highest BCUT2D eigenvalue weighted by Gasteiger charge is 2.39. The maximum Gasteiger partial charge on any atom is 0.282 e. The van der Waals surface area contributed by atoms with Gasteiger partial charge in [-0.2, -0.15) is 17.0 Å². The third-order valence-corrected chi connectivity index (χ3v) is 9.29. The summed E-state index contributed by atoms with van der Waals surface area (Å²) in [7, 11) is -1.36. The molecule has 9 nitrogen and oxygen atoms in total. The summed E-state index contributed by atoms with van der Waals surface area (Å²) in [4.78, 5) is 14.9. The van der Waals surface area contributed by atoms with Gasteiger partial charge in [0, 0.05) is 49.7 Å². The number of carbonyl (C=O) groups is 1. The molecule has 3 fully saturated rings. The van der Waals surface area contributed by atoms with Crippen LogP contribution in [0.1, 0.15) is 81.0 Å². The van der Waals surface area contributed by atoms with E-state index < -0.39 is 10.2 Å². The molecule has 0 aromatic carbocycles. The maximum atomic E-state index is 13.3. The first-order valence-corrected chi connectivity index (χ1v) is 13.4. The van der Waals surface area contributed by atoms with E-state index in [1.807, 2.05) is 6.92 Å². The van der Waals surface area contributed by atoms with Crippen molar-refractivity contribution in [1.29, 1.82) is 0 Å². The van der Waals surface area contributed by atoms with Crippen molar-refractivity contribution < 1.29 is 17.7 Å². The van der Waals surface area contributed by atoms with E-state index >= 15 is 0 Å². The first kappa shape index (κ1) is 23.7. The zero-order valence-electron chi connectivity index (χ0n) is 19.5. The molecule has 3 heterocycles. The molecule has 1 aromatic rings. The Morgan fingerprint density at radius 3 is 2.56 bits per heavy atom. The van der Waals surface area contributed by atoms with Crippen LogP contribution in [-0.4, -0.2) is 84.3 Å². The molecule has 0 unspecified atom stereocenters. The van der Waals surface area contributed by atoms with Crippen LogP contribution in [0.5, 0.6) is 0 Å². The summed E-state index contributed by atoms with van der Waals surface area (Å²) in [6.45, 7) is 6.69. The van der Waals surface area contributed by atoms with Crippen LogP contribution in [0.15, 0.2) is 10.6 Å². The number of hydrogen-bond acceptors (Lipinski definition) is 6. The number of carbonyl (C=O) groups excluding carboxylic acids is 1. The Kier molecular flexibility index (Phi) is 7.24. The Morgan fingerprint density at radius 1 is 1.22 bits per heavy atom. The van der Waals surface area contributed by atoms with E-state index in [4.69, 9.17) is 4.52 Å². The van der Waals surface area contributed by atoms with Gasteiger partial charge in [-0.25, -0.2) is 0 Å². The van der Waals surface area contributed by atoms with Gasteiger partial charge in [0.05, 0.1) is 0 Å². The van der Waals surface area contributed by atoms with E-state index in [0.29, 0.717) is 50.1 Å². The molecule has 10 heteroatoms. The summed E-state index contributed by atoms with van der Waals surface area (Å²) in [5.41, 5.74) is 0.311. The molecule has 1 N–H and O–H groups in total. The summed E-state index contributed by atoms with van der Waals surface area (Å²) in [5.74, 6) is 0.955. The molecule has 180 valence electrons. The summed E-state index contributed by atoms with van der Waals surface area (Å²) in [6.07, 6.45) is 6.22. The van der Waals surface area contributed by atoms with Crippen LogP contribution in [0.25, 0.3) is 0 Å². The summed E-state index contributed by atoms with van der Waals surface area (Å²) >= 11 is 0. The van der Waals surface area contributed by atoms with Gasteiger partial charge in [-0.1, -0.05) is 12.1 Å². The number of piperidine rings is 2. The van der Waals surface area contributed by atoms with Gasteiger partial charge in [-0.05, 0) is 65.5 Å². The molecule has 2 aliphatic heterocycles. The lowest BCUT2D eigenvalue weighted by atomic mass is 10.0. The lowest BCUT2D eigenvalue weighted by molar-refractivity contribution is 0.0902. The summed E-state index contributed by atoms with van der Waals surface area (Å²) in [5, 5.41) is 6.92. The monoisotopic (exact) mass is 467 g/mol. The molecular formula is C22H37N5O4S. The van der Waals surface area contributed by atoms with E-state index in [-0.39, 0.29) is 18.0 Å². The standard InChI is InChI=1S/C22H37N5O4S/c1-4-10-25(3)19-8-11-26(12-9-19)32(29,30)27-13-7-18(14-16(27)2)23-22(28)20-15-21(31-24-20)17-5-6-17/h15-19H,4-14H2,1-3H3,(H,23,28)/t16-,18-/m0/s1. The molecule has 1 aromatic heterocycles.